The minimum atomic E-state index is -0.584. The Morgan fingerprint density at radius 1 is 1.80 bits per heavy atom. The molecule has 0 N–H and O–H groups in total. The highest BCUT2D eigenvalue weighted by atomic mass is 79.9. The summed E-state index contributed by atoms with van der Waals surface area (Å²) in [7, 11) is 0. The molecular weight excluding hydrogens is 217 g/mol. The van der Waals surface area contributed by atoms with Gasteiger partial charge in [0.15, 0.2) is 0 Å². The summed E-state index contributed by atoms with van der Waals surface area (Å²) in [5.74, 6) is -0.289. The van der Waals surface area contributed by atoms with Crippen LogP contribution in [0, 0.1) is 0 Å². The highest BCUT2D eigenvalue weighted by Crippen LogP contribution is 2.21. The van der Waals surface area contributed by atoms with Gasteiger partial charge in [-0.25, -0.2) is 4.99 Å². The minimum absolute atomic E-state index is 0.289. The fraction of sp³-hybridized carbons (Fsp3) is 0.333. The maximum Gasteiger partial charge on any atom is 0.267 e. The van der Waals surface area contributed by atoms with E-state index in [1.165, 1.54) is 6.21 Å². The van der Waals surface area contributed by atoms with Crippen molar-refractivity contribution in [3.63, 3.8) is 0 Å². The molecule has 1 aliphatic heterocycles. The molecule has 0 aliphatic carbocycles. The summed E-state index contributed by atoms with van der Waals surface area (Å²) in [6.07, 6.45) is 1.47. The van der Waals surface area contributed by atoms with Gasteiger partial charge in [-0.3, -0.25) is 4.79 Å². The first-order valence-electron chi connectivity index (χ1n) is 2.71. The lowest BCUT2D eigenvalue weighted by Crippen LogP contribution is -2.18. The average Bonchev–Trinajstić information content (AvgIpc) is 1.93. The molecule has 1 unspecified atom stereocenters. The van der Waals surface area contributed by atoms with Gasteiger partial charge in [0.05, 0.1) is 0 Å². The summed E-state index contributed by atoms with van der Waals surface area (Å²) in [6.45, 7) is 1.80. The number of halogens is 2. The Kier molecular flexibility index (Phi) is 2.26. The van der Waals surface area contributed by atoms with Gasteiger partial charge in [-0.2, -0.15) is 0 Å². The summed E-state index contributed by atoms with van der Waals surface area (Å²) in [5.41, 5.74) is 0.821. The molecular formula is C6H5BrClNO. The number of allylic oxidation sites excluding steroid dienone is 1. The van der Waals surface area contributed by atoms with Crippen molar-refractivity contribution in [2.45, 2.75) is 12.3 Å². The van der Waals surface area contributed by atoms with Gasteiger partial charge in [0.25, 0.3) is 5.91 Å². The molecule has 0 radical (unpaired) electrons. The van der Waals surface area contributed by atoms with Gasteiger partial charge >= 0.3 is 0 Å². The number of hydrogen-bond acceptors (Lipinski definition) is 1. The first kappa shape index (κ1) is 7.95. The molecule has 1 rings (SSSR count). The van der Waals surface area contributed by atoms with Crippen molar-refractivity contribution in [1.82, 2.24) is 0 Å². The summed E-state index contributed by atoms with van der Waals surface area (Å²) in [5, 5.41) is -0.584. The predicted octanol–water partition coefficient (Wildman–Crippen LogP) is 1.87. The van der Waals surface area contributed by atoms with Gasteiger partial charge in [0.1, 0.15) is 5.38 Å². The van der Waals surface area contributed by atoms with Gasteiger partial charge in [-0.05, 0) is 28.4 Å². The second-order valence-electron chi connectivity index (χ2n) is 1.99. The molecule has 0 saturated carbocycles. The lowest BCUT2D eigenvalue weighted by molar-refractivity contribution is -0.116. The molecule has 0 saturated heterocycles. The van der Waals surface area contributed by atoms with Crippen molar-refractivity contribution in [2.75, 3.05) is 0 Å². The topological polar surface area (TPSA) is 29.4 Å². The van der Waals surface area contributed by atoms with E-state index < -0.39 is 5.38 Å². The molecule has 1 atom stereocenters. The number of aliphatic imine (C=N–C) groups is 1. The summed E-state index contributed by atoms with van der Waals surface area (Å²) >= 11 is 8.88. The van der Waals surface area contributed by atoms with Crippen LogP contribution in [0.5, 0.6) is 0 Å². The van der Waals surface area contributed by atoms with Crippen molar-refractivity contribution in [3.8, 4) is 0 Å². The molecule has 2 nitrogen and oxygen atoms in total. The van der Waals surface area contributed by atoms with Crippen LogP contribution in [0.25, 0.3) is 0 Å². The van der Waals surface area contributed by atoms with Crippen molar-refractivity contribution in [1.29, 1.82) is 0 Å². The number of nitrogens with zero attached hydrogens (tertiary/aromatic N) is 1. The molecule has 0 aromatic rings. The van der Waals surface area contributed by atoms with E-state index in [4.69, 9.17) is 11.6 Å². The summed E-state index contributed by atoms with van der Waals surface area (Å²) in [4.78, 5) is 14.3. The van der Waals surface area contributed by atoms with E-state index in [0.717, 1.165) is 10.1 Å². The molecule has 4 heteroatoms. The molecule has 0 bridgehead atoms. The number of carbonyl (C=O) groups is 1. The van der Waals surface area contributed by atoms with Gasteiger partial charge in [-0.15, -0.1) is 11.6 Å². The molecule has 0 aromatic carbocycles. The number of rotatable bonds is 0. The van der Waals surface area contributed by atoms with Crippen molar-refractivity contribution in [3.05, 3.63) is 10.1 Å². The number of amides is 1. The zero-order valence-electron chi connectivity index (χ0n) is 5.27. The smallest absolute Gasteiger partial charge is 0.267 e. The van der Waals surface area contributed by atoms with E-state index in [1.807, 2.05) is 0 Å². The highest BCUT2D eigenvalue weighted by Gasteiger charge is 2.21. The van der Waals surface area contributed by atoms with E-state index in [-0.39, 0.29) is 5.91 Å². The zero-order valence-corrected chi connectivity index (χ0v) is 7.61. The lowest BCUT2D eigenvalue weighted by Gasteiger charge is -2.10. The molecule has 0 fully saturated rings. The van der Waals surface area contributed by atoms with Crippen LogP contribution in [0.4, 0.5) is 0 Å². The van der Waals surface area contributed by atoms with Crippen LogP contribution < -0.4 is 0 Å². The molecule has 0 spiro atoms. The average molecular weight is 222 g/mol. The molecule has 1 aliphatic rings. The Hall–Kier alpha value is -0.150. The SMILES string of the molecule is CC1=C(Br)C=NC(=O)C1Cl. The largest absolute Gasteiger partial charge is 0.270 e. The third kappa shape index (κ3) is 1.30. The molecule has 10 heavy (non-hydrogen) atoms. The van der Waals surface area contributed by atoms with Crippen LogP contribution in [0.15, 0.2) is 15.0 Å². The summed E-state index contributed by atoms with van der Waals surface area (Å²) < 4.78 is 0.798. The molecule has 0 aromatic heterocycles. The number of hydrogen-bond donors (Lipinski definition) is 0. The standard InChI is InChI=1S/C6H5BrClNO/c1-3-4(7)2-9-6(10)5(3)8/h2,5H,1H3. The van der Waals surface area contributed by atoms with Crippen LogP contribution >= 0.6 is 27.5 Å². The van der Waals surface area contributed by atoms with Crippen LogP contribution in [0.3, 0.4) is 0 Å². The van der Waals surface area contributed by atoms with E-state index in [9.17, 15) is 4.79 Å². The fourth-order valence-electron chi connectivity index (χ4n) is 0.594. The Bertz CT molecular complexity index is 234. The Balaban J connectivity index is 2.99. The van der Waals surface area contributed by atoms with Crippen LogP contribution in [0.2, 0.25) is 0 Å². The Morgan fingerprint density at radius 3 is 2.90 bits per heavy atom. The summed E-state index contributed by atoms with van der Waals surface area (Å²) in [6, 6.07) is 0. The minimum Gasteiger partial charge on any atom is -0.270 e. The highest BCUT2D eigenvalue weighted by molar-refractivity contribution is 9.12. The van der Waals surface area contributed by atoms with Crippen molar-refractivity contribution >= 4 is 39.7 Å². The predicted molar refractivity (Wildman–Crippen MR) is 44.8 cm³/mol. The van der Waals surface area contributed by atoms with Crippen LogP contribution in [0.1, 0.15) is 6.92 Å². The van der Waals surface area contributed by atoms with Gasteiger partial charge in [0, 0.05) is 10.7 Å². The maximum atomic E-state index is 10.8. The van der Waals surface area contributed by atoms with Crippen LogP contribution in [-0.2, 0) is 4.79 Å². The van der Waals surface area contributed by atoms with E-state index in [2.05, 4.69) is 20.9 Å². The van der Waals surface area contributed by atoms with Gasteiger partial charge < -0.3 is 0 Å². The number of dihydropyridines is 1. The van der Waals surface area contributed by atoms with Crippen molar-refractivity contribution < 1.29 is 4.79 Å². The van der Waals surface area contributed by atoms with E-state index in [0.29, 0.717) is 0 Å². The Labute approximate surface area is 72.1 Å². The second-order valence-corrected chi connectivity index (χ2v) is 3.28. The first-order valence-corrected chi connectivity index (χ1v) is 3.94. The third-order valence-electron chi connectivity index (χ3n) is 1.28. The first-order chi connectivity index (χ1) is 4.63. The fourth-order valence-corrected chi connectivity index (χ4v) is 1.23. The van der Waals surface area contributed by atoms with Crippen LogP contribution in [-0.4, -0.2) is 17.5 Å². The number of carbonyl (C=O) groups excluding carboxylic acids is 1. The van der Waals surface area contributed by atoms with E-state index in [1.54, 1.807) is 6.92 Å². The van der Waals surface area contributed by atoms with Gasteiger partial charge in [-0.1, -0.05) is 0 Å². The Morgan fingerprint density at radius 2 is 2.40 bits per heavy atom. The second kappa shape index (κ2) is 2.84. The number of alkyl halides is 1. The molecule has 1 heterocycles. The quantitative estimate of drug-likeness (QED) is 0.576. The monoisotopic (exact) mass is 221 g/mol. The van der Waals surface area contributed by atoms with Crippen molar-refractivity contribution in [2.24, 2.45) is 4.99 Å². The lowest BCUT2D eigenvalue weighted by atomic mass is 10.1. The maximum absolute atomic E-state index is 10.8. The van der Waals surface area contributed by atoms with Gasteiger partial charge in [0.2, 0.25) is 0 Å². The zero-order chi connectivity index (χ0) is 7.72. The van der Waals surface area contributed by atoms with E-state index >= 15 is 0 Å². The third-order valence-corrected chi connectivity index (χ3v) is 2.62. The molecule has 54 valence electrons. The molecule has 1 amide bonds. The normalized spacial score (nSPS) is 25.9.